The Kier molecular flexibility index (Phi) is 3.30. The van der Waals surface area contributed by atoms with Crippen LogP contribution in [-0.2, 0) is 27.8 Å². The molecule has 2 N–H and O–H groups in total. The Morgan fingerprint density at radius 3 is 3.00 bits per heavy atom. The highest BCUT2D eigenvalue weighted by molar-refractivity contribution is 7.90. The first-order valence-corrected chi connectivity index (χ1v) is 7.02. The van der Waals surface area contributed by atoms with Crippen LogP contribution in [0.3, 0.4) is 0 Å². The summed E-state index contributed by atoms with van der Waals surface area (Å²) in [6, 6.07) is 0.406. The van der Waals surface area contributed by atoms with E-state index in [-0.39, 0.29) is 13.0 Å². The van der Waals surface area contributed by atoms with Gasteiger partial charge >= 0.3 is 5.97 Å². The number of H-pyrrole nitrogens is 1. The van der Waals surface area contributed by atoms with Crippen LogP contribution in [0.15, 0.2) is 6.33 Å². The first kappa shape index (κ1) is 13.5. The fourth-order valence-electron chi connectivity index (χ4n) is 1.96. The smallest absolute Gasteiger partial charge is 0.322 e. The van der Waals surface area contributed by atoms with Crippen LogP contribution in [0.25, 0.3) is 0 Å². The molecular formula is C10H12N4O4S. The zero-order valence-corrected chi connectivity index (χ0v) is 10.9. The molecule has 1 aliphatic rings. The van der Waals surface area contributed by atoms with E-state index >= 15 is 0 Å². The van der Waals surface area contributed by atoms with Crippen LogP contribution in [0.2, 0.25) is 0 Å². The maximum absolute atomic E-state index is 12.2. The van der Waals surface area contributed by atoms with Gasteiger partial charge in [-0.05, 0) is 6.92 Å². The van der Waals surface area contributed by atoms with Gasteiger partial charge in [-0.25, -0.2) is 13.4 Å². The van der Waals surface area contributed by atoms with Crippen molar-refractivity contribution in [1.82, 2.24) is 14.3 Å². The van der Waals surface area contributed by atoms with Crippen molar-refractivity contribution in [3.05, 3.63) is 17.7 Å². The molecular weight excluding hydrogens is 272 g/mol. The fourth-order valence-corrected chi connectivity index (χ4v) is 3.33. The Morgan fingerprint density at radius 2 is 2.42 bits per heavy atom. The van der Waals surface area contributed by atoms with Gasteiger partial charge in [-0.3, -0.25) is 4.79 Å². The highest BCUT2D eigenvalue weighted by Crippen LogP contribution is 2.25. The van der Waals surface area contributed by atoms with Crippen molar-refractivity contribution in [2.45, 2.75) is 31.2 Å². The molecule has 2 rings (SSSR count). The first-order valence-electron chi connectivity index (χ1n) is 5.52. The number of fused-ring (bicyclic) bond motifs is 1. The molecule has 1 aromatic heterocycles. The quantitative estimate of drug-likeness (QED) is 0.767. The Balaban J connectivity index is 2.44. The summed E-state index contributed by atoms with van der Waals surface area (Å²) >= 11 is 0. The maximum Gasteiger partial charge on any atom is 0.322 e. The van der Waals surface area contributed by atoms with Crippen molar-refractivity contribution in [3.63, 3.8) is 0 Å². The van der Waals surface area contributed by atoms with Crippen LogP contribution in [0.5, 0.6) is 0 Å². The van der Waals surface area contributed by atoms with Gasteiger partial charge < -0.3 is 10.1 Å². The number of nitrogens with one attached hydrogen (secondary N) is 1. The standard InChI is InChI=1S/C10H12N4O4S/c1-6(3-11)19(17,18)14-4-8-7(12-5-13-8)2-9(14)10(15)16/h5-6,9H,2,4H2,1H3,(H,12,13)(H,15,16). The van der Waals surface area contributed by atoms with Crippen molar-refractivity contribution in [1.29, 1.82) is 5.26 Å². The third-order valence-corrected chi connectivity index (χ3v) is 5.13. The highest BCUT2D eigenvalue weighted by Gasteiger charge is 2.42. The molecule has 0 aliphatic carbocycles. The van der Waals surface area contributed by atoms with E-state index in [4.69, 9.17) is 10.4 Å². The second-order valence-electron chi connectivity index (χ2n) is 4.25. The molecule has 0 amide bonds. The normalized spacial score (nSPS) is 21.4. The number of imidazole rings is 1. The predicted molar refractivity (Wildman–Crippen MR) is 63.3 cm³/mol. The zero-order valence-electron chi connectivity index (χ0n) is 10.1. The van der Waals surface area contributed by atoms with Crippen LogP contribution in [-0.4, -0.2) is 45.1 Å². The predicted octanol–water partition coefficient (Wildman–Crippen LogP) is -0.537. The molecule has 8 nitrogen and oxygen atoms in total. The molecule has 0 bridgehead atoms. The molecule has 0 saturated carbocycles. The van der Waals surface area contributed by atoms with Crippen molar-refractivity contribution in [3.8, 4) is 6.07 Å². The van der Waals surface area contributed by atoms with Gasteiger partial charge in [-0.15, -0.1) is 0 Å². The summed E-state index contributed by atoms with van der Waals surface area (Å²) in [6.07, 6.45) is 1.39. The lowest BCUT2D eigenvalue weighted by Crippen LogP contribution is -2.50. The summed E-state index contributed by atoms with van der Waals surface area (Å²) in [7, 11) is -3.98. The summed E-state index contributed by atoms with van der Waals surface area (Å²) in [5.41, 5.74) is 1.11. The Bertz CT molecular complexity index is 645. The van der Waals surface area contributed by atoms with E-state index in [1.807, 2.05) is 0 Å². The number of nitriles is 1. The summed E-state index contributed by atoms with van der Waals surface area (Å²) in [5, 5.41) is 16.6. The molecule has 9 heteroatoms. The fraction of sp³-hybridized carbons (Fsp3) is 0.500. The molecule has 0 saturated heterocycles. The minimum absolute atomic E-state index is 0.00839. The van der Waals surface area contributed by atoms with Crippen molar-refractivity contribution in [2.24, 2.45) is 0 Å². The molecule has 2 unspecified atom stereocenters. The van der Waals surface area contributed by atoms with E-state index in [1.165, 1.54) is 13.3 Å². The van der Waals surface area contributed by atoms with E-state index in [0.717, 1.165) is 4.31 Å². The zero-order chi connectivity index (χ0) is 14.2. The van der Waals surface area contributed by atoms with Crippen LogP contribution in [0.4, 0.5) is 0 Å². The number of aromatic amines is 1. The molecule has 0 radical (unpaired) electrons. The van der Waals surface area contributed by atoms with Crippen molar-refractivity contribution in [2.75, 3.05) is 0 Å². The maximum atomic E-state index is 12.2. The molecule has 0 spiro atoms. The monoisotopic (exact) mass is 284 g/mol. The number of sulfonamides is 1. The molecule has 0 aromatic carbocycles. The summed E-state index contributed by atoms with van der Waals surface area (Å²) in [6.45, 7) is 1.12. The van der Waals surface area contributed by atoms with Crippen molar-refractivity contribution >= 4 is 16.0 Å². The van der Waals surface area contributed by atoms with Gasteiger partial charge in [0.05, 0.1) is 30.3 Å². The van der Waals surface area contributed by atoms with Crippen LogP contribution in [0.1, 0.15) is 18.3 Å². The highest BCUT2D eigenvalue weighted by atomic mass is 32.2. The Labute approximate surface area is 109 Å². The Hall–Kier alpha value is -1.92. The minimum atomic E-state index is -3.98. The lowest BCUT2D eigenvalue weighted by atomic mass is 10.1. The molecule has 0 fully saturated rings. The van der Waals surface area contributed by atoms with E-state index in [9.17, 15) is 13.2 Å². The SMILES string of the molecule is CC(C#N)S(=O)(=O)N1Cc2[nH]cnc2CC1C(=O)O. The molecule has 2 atom stereocenters. The molecule has 19 heavy (non-hydrogen) atoms. The van der Waals surface area contributed by atoms with Crippen LogP contribution < -0.4 is 0 Å². The van der Waals surface area contributed by atoms with Crippen LogP contribution >= 0.6 is 0 Å². The summed E-state index contributed by atoms with van der Waals surface area (Å²) < 4.78 is 25.2. The largest absolute Gasteiger partial charge is 0.480 e. The van der Waals surface area contributed by atoms with Gasteiger partial charge in [0, 0.05) is 6.42 Å². The third-order valence-electron chi connectivity index (χ3n) is 3.10. The van der Waals surface area contributed by atoms with Gasteiger partial charge in [0.2, 0.25) is 10.0 Å². The van der Waals surface area contributed by atoms with Gasteiger partial charge in [0.25, 0.3) is 0 Å². The average molecular weight is 284 g/mol. The number of nitrogens with zero attached hydrogens (tertiary/aromatic N) is 3. The van der Waals surface area contributed by atoms with E-state index in [2.05, 4.69) is 9.97 Å². The van der Waals surface area contributed by atoms with Crippen molar-refractivity contribution < 1.29 is 18.3 Å². The second kappa shape index (κ2) is 4.64. The number of carbonyl (C=O) groups is 1. The number of hydrogen-bond donors (Lipinski definition) is 2. The minimum Gasteiger partial charge on any atom is -0.480 e. The van der Waals surface area contributed by atoms with E-state index in [0.29, 0.717) is 11.4 Å². The molecule has 1 aromatic rings. The summed E-state index contributed by atoms with van der Waals surface area (Å²) in [4.78, 5) is 18.0. The van der Waals surface area contributed by atoms with E-state index in [1.54, 1.807) is 6.07 Å². The van der Waals surface area contributed by atoms with Gasteiger partial charge in [0.15, 0.2) is 5.25 Å². The Morgan fingerprint density at radius 1 is 1.74 bits per heavy atom. The molecule has 1 aliphatic heterocycles. The lowest BCUT2D eigenvalue weighted by molar-refractivity contribution is -0.141. The third kappa shape index (κ3) is 2.20. The van der Waals surface area contributed by atoms with Gasteiger partial charge in [-0.1, -0.05) is 0 Å². The number of hydrogen-bond acceptors (Lipinski definition) is 5. The number of aliphatic carboxylic acids is 1. The molecule has 2 heterocycles. The average Bonchev–Trinajstić information content (AvgIpc) is 2.83. The van der Waals surface area contributed by atoms with Crippen LogP contribution in [0, 0.1) is 11.3 Å². The second-order valence-corrected chi connectivity index (χ2v) is 6.45. The first-order chi connectivity index (χ1) is 8.87. The summed E-state index contributed by atoms with van der Waals surface area (Å²) in [5.74, 6) is -1.25. The topological polar surface area (TPSA) is 127 Å². The molecule has 102 valence electrons. The van der Waals surface area contributed by atoms with Gasteiger partial charge in [-0.2, -0.15) is 9.57 Å². The van der Waals surface area contributed by atoms with E-state index < -0.39 is 27.3 Å². The number of carboxylic acid groups (broad SMARTS) is 1. The van der Waals surface area contributed by atoms with Gasteiger partial charge in [0.1, 0.15) is 6.04 Å². The number of aromatic nitrogens is 2. The lowest BCUT2D eigenvalue weighted by Gasteiger charge is -2.31. The number of carboxylic acids is 1. The number of rotatable bonds is 3.